The minimum absolute atomic E-state index is 0.00862. The number of hydrogen-bond donors (Lipinski definition) is 2. The average Bonchev–Trinajstić information content (AvgIpc) is 2.67. The number of methoxy groups -OCH3 is 1. The van der Waals surface area contributed by atoms with Gasteiger partial charge in [0.25, 0.3) is 0 Å². The molecule has 80 valence electrons. The van der Waals surface area contributed by atoms with E-state index in [-0.39, 0.29) is 17.1 Å². The molecule has 0 saturated heterocycles. The molecule has 0 bridgehead atoms. The van der Waals surface area contributed by atoms with E-state index >= 15 is 0 Å². The lowest BCUT2D eigenvalue weighted by Crippen LogP contribution is -1.87. The second-order valence-electron chi connectivity index (χ2n) is 3.12. The fourth-order valence-corrected chi connectivity index (χ4v) is 1.70. The normalized spacial score (nSPS) is 10.9. The van der Waals surface area contributed by atoms with Crippen LogP contribution < -0.4 is 4.74 Å². The molecule has 0 fully saturated rings. The minimum Gasteiger partial charge on any atom is -0.496 e. The summed E-state index contributed by atoms with van der Waals surface area (Å²) in [5.41, 5.74) is 0.771. The number of halogens is 2. The highest BCUT2D eigenvalue weighted by Gasteiger charge is 2.13. The van der Waals surface area contributed by atoms with Gasteiger partial charge < -0.3 is 14.8 Å². The average molecular weight is 230 g/mol. The van der Waals surface area contributed by atoms with Crippen molar-refractivity contribution in [3.8, 4) is 5.75 Å². The van der Waals surface area contributed by atoms with Crippen molar-refractivity contribution in [1.29, 1.82) is 0 Å². The largest absolute Gasteiger partial charge is 0.496 e. The lowest BCUT2D eigenvalue weighted by molar-refractivity contribution is 0.278. The first kappa shape index (κ1) is 10.3. The number of rotatable bonds is 2. The van der Waals surface area contributed by atoms with E-state index in [0.717, 1.165) is 0 Å². The number of ether oxygens (including phenoxy) is 1. The van der Waals surface area contributed by atoms with Crippen molar-refractivity contribution in [3.63, 3.8) is 0 Å². The Morgan fingerprint density at radius 1 is 1.53 bits per heavy atom. The third-order valence-corrected chi connectivity index (χ3v) is 2.49. The third-order valence-electron chi connectivity index (χ3n) is 2.22. The zero-order valence-corrected chi connectivity index (χ0v) is 8.73. The van der Waals surface area contributed by atoms with E-state index in [1.807, 2.05) is 0 Å². The maximum Gasteiger partial charge on any atom is 0.166 e. The highest BCUT2D eigenvalue weighted by molar-refractivity contribution is 6.31. The Balaban J connectivity index is 2.80. The van der Waals surface area contributed by atoms with Crippen molar-refractivity contribution in [2.75, 3.05) is 7.11 Å². The van der Waals surface area contributed by atoms with Crippen molar-refractivity contribution < 1.29 is 14.2 Å². The molecule has 0 amide bonds. The summed E-state index contributed by atoms with van der Waals surface area (Å²) in [6.07, 6.45) is 0. The number of aromatic nitrogens is 1. The first-order chi connectivity index (χ1) is 7.17. The second kappa shape index (κ2) is 3.72. The number of nitrogens with one attached hydrogen (secondary N) is 1. The number of fused-ring (bicyclic) bond motifs is 1. The summed E-state index contributed by atoms with van der Waals surface area (Å²) in [4.78, 5) is 2.74. The Kier molecular flexibility index (Phi) is 2.54. The topological polar surface area (TPSA) is 45.2 Å². The molecule has 1 aromatic carbocycles. The molecule has 2 rings (SSSR count). The first-order valence-electron chi connectivity index (χ1n) is 4.31. The molecule has 0 unspecified atom stereocenters. The van der Waals surface area contributed by atoms with Crippen LogP contribution in [0.15, 0.2) is 12.1 Å². The van der Waals surface area contributed by atoms with E-state index in [4.69, 9.17) is 21.4 Å². The predicted octanol–water partition coefficient (Wildman–Crippen LogP) is 2.46. The summed E-state index contributed by atoms with van der Waals surface area (Å²) in [5.74, 6) is -0.0560. The summed E-state index contributed by atoms with van der Waals surface area (Å²) >= 11 is 5.69. The zero-order chi connectivity index (χ0) is 11.0. The smallest absolute Gasteiger partial charge is 0.166 e. The number of H-pyrrole nitrogens is 1. The van der Waals surface area contributed by atoms with Gasteiger partial charge in [-0.3, -0.25) is 0 Å². The Morgan fingerprint density at radius 3 is 2.87 bits per heavy atom. The molecule has 0 atom stereocenters. The third kappa shape index (κ3) is 1.56. The minimum atomic E-state index is -0.535. The molecule has 0 radical (unpaired) electrons. The van der Waals surface area contributed by atoms with E-state index in [1.54, 1.807) is 6.07 Å². The second-order valence-corrected chi connectivity index (χ2v) is 3.52. The van der Waals surface area contributed by atoms with Crippen LogP contribution in [-0.2, 0) is 6.61 Å². The molecule has 2 N–H and O–H groups in total. The summed E-state index contributed by atoms with van der Waals surface area (Å²) < 4.78 is 18.6. The van der Waals surface area contributed by atoms with Crippen LogP contribution in [0.25, 0.3) is 10.9 Å². The molecule has 0 spiro atoms. The van der Waals surface area contributed by atoms with Crippen molar-refractivity contribution in [2.45, 2.75) is 6.61 Å². The fraction of sp³-hybridized carbons (Fsp3) is 0.200. The van der Waals surface area contributed by atoms with Crippen LogP contribution in [0.5, 0.6) is 5.75 Å². The Labute approximate surface area is 90.4 Å². The van der Waals surface area contributed by atoms with E-state index in [9.17, 15) is 4.39 Å². The van der Waals surface area contributed by atoms with Gasteiger partial charge in [-0.1, -0.05) is 11.6 Å². The molecule has 15 heavy (non-hydrogen) atoms. The van der Waals surface area contributed by atoms with Crippen LogP contribution in [0.2, 0.25) is 5.02 Å². The maximum atomic E-state index is 13.6. The Bertz CT molecular complexity index is 510. The number of aliphatic hydroxyl groups is 1. The molecular formula is C10H9ClFNO2. The number of aliphatic hydroxyl groups excluding tert-OH is 1. The van der Waals surface area contributed by atoms with Crippen LogP contribution in [0.3, 0.4) is 0 Å². The first-order valence-corrected chi connectivity index (χ1v) is 4.69. The number of hydrogen-bond acceptors (Lipinski definition) is 2. The van der Waals surface area contributed by atoms with Gasteiger partial charge in [-0.25, -0.2) is 4.39 Å². The summed E-state index contributed by atoms with van der Waals surface area (Å²) in [6.45, 7) is -0.186. The van der Waals surface area contributed by atoms with Crippen LogP contribution in [0, 0.1) is 5.82 Å². The van der Waals surface area contributed by atoms with Gasteiger partial charge in [0.2, 0.25) is 0 Å². The Morgan fingerprint density at radius 2 is 2.27 bits per heavy atom. The fourth-order valence-electron chi connectivity index (χ4n) is 1.51. The lowest BCUT2D eigenvalue weighted by Gasteiger charge is -2.03. The molecule has 1 aromatic heterocycles. The quantitative estimate of drug-likeness (QED) is 0.831. The van der Waals surface area contributed by atoms with Gasteiger partial charge in [0, 0.05) is 17.1 Å². The van der Waals surface area contributed by atoms with E-state index in [1.165, 1.54) is 13.2 Å². The van der Waals surface area contributed by atoms with Gasteiger partial charge in [-0.2, -0.15) is 0 Å². The zero-order valence-electron chi connectivity index (χ0n) is 7.97. The molecule has 0 aliphatic rings. The molecule has 0 saturated carbocycles. The van der Waals surface area contributed by atoms with Gasteiger partial charge in [-0.05, 0) is 6.07 Å². The SMILES string of the molecule is COc1cc(Cl)c(F)c2[nH]c(CO)cc12. The van der Waals surface area contributed by atoms with Crippen LogP contribution in [0.4, 0.5) is 4.39 Å². The van der Waals surface area contributed by atoms with Crippen LogP contribution in [-0.4, -0.2) is 17.2 Å². The molecule has 3 nitrogen and oxygen atoms in total. The molecule has 5 heteroatoms. The molecule has 1 heterocycles. The monoisotopic (exact) mass is 229 g/mol. The standard InChI is InChI=1S/C10H9ClFNO2/c1-15-8-3-7(11)9(12)10-6(8)2-5(4-14)13-10/h2-3,13-14H,4H2,1H3. The van der Waals surface area contributed by atoms with Crippen LogP contribution in [0.1, 0.15) is 5.69 Å². The Hall–Kier alpha value is -1.26. The van der Waals surface area contributed by atoms with Crippen LogP contribution >= 0.6 is 11.6 Å². The highest BCUT2D eigenvalue weighted by atomic mass is 35.5. The van der Waals surface area contributed by atoms with Gasteiger partial charge in [-0.15, -0.1) is 0 Å². The van der Waals surface area contributed by atoms with Gasteiger partial charge in [0.15, 0.2) is 5.82 Å². The molecule has 0 aliphatic carbocycles. The van der Waals surface area contributed by atoms with E-state index in [0.29, 0.717) is 16.8 Å². The van der Waals surface area contributed by atoms with E-state index in [2.05, 4.69) is 4.98 Å². The lowest BCUT2D eigenvalue weighted by atomic mass is 10.2. The highest BCUT2D eigenvalue weighted by Crippen LogP contribution is 2.33. The van der Waals surface area contributed by atoms with Gasteiger partial charge >= 0.3 is 0 Å². The number of benzene rings is 1. The summed E-state index contributed by atoms with van der Waals surface area (Å²) in [5, 5.41) is 9.50. The molecule has 0 aliphatic heterocycles. The van der Waals surface area contributed by atoms with Crippen molar-refractivity contribution in [2.24, 2.45) is 0 Å². The molecular weight excluding hydrogens is 221 g/mol. The maximum absolute atomic E-state index is 13.6. The number of aromatic amines is 1. The molecule has 2 aromatic rings. The van der Waals surface area contributed by atoms with E-state index < -0.39 is 5.82 Å². The summed E-state index contributed by atoms with van der Waals surface area (Å²) in [6, 6.07) is 3.04. The van der Waals surface area contributed by atoms with Crippen molar-refractivity contribution >= 4 is 22.5 Å². The summed E-state index contributed by atoms with van der Waals surface area (Å²) in [7, 11) is 1.48. The van der Waals surface area contributed by atoms with Gasteiger partial charge in [0.05, 0.1) is 24.3 Å². The predicted molar refractivity (Wildman–Crippen MR) is 55.7 cm³/mol. The van der Waals surface area contributed by atoms with Gasteiger partial charge in [0.1, 0.15) is 5.75 Å². The van der Waals surface area contributed by atoms with Crippen molar-refractivity contribution in [3.05, 3.63) is 28.7 Å². The van der Waals surface area contributed by atoms with Crippen molar-refractivity contribution in [1.82, 2.24) is 4.98 Å².